The summed E-state index contributed by atoms with van der Waals surface area (Å²) in [7, 11) is 0. The highest BCUT2D eigenvalue weighted by molar-refractivity contribution is 5.90. The van der Waals surface area contributed by atoms with Crippen molar-refractivity contribution in [2.45, 2.75) is 20.4 Å². The molecule has 0 saturated heterocycles. The minimum atomic E-state index is -0.757. The van der Waals surface area contributed by atoms with Crippen LogP contribution in [0.5, 0.6) is 5.75 Å². The summed E-state index contributed by atoms with van der Waals surface area (Å²) in [5.74, 6) is 0.302. The molecule has 1 amide bonds. The molecule has 28 heavy (non-hydrogen) atoms. The summed E-state index contributed by atoms with van der Waals surface area (Å²) in [6.07, 6.45) is 2.93. The van der Waals surface area contributed by atoms with Crippen molar-refractivity contribution in [1.82, 2.24) is 9.13 Å². The number of carbonyl (C=O) groups excluding carboxylic acids is 1. The second kappa shape index (κ2) is 8.39. The number of amides is 1. The van der Waals surface area contributed by atoms with Gasteiger partial charge in [0.05, 0.1) is 12.3 Å². The van der Waals surface area contributed by atoms with Gasteiger partial charge in [-0.15, -0.1) is 0 Å². The first-order chi connectivity index (χ1) is 13.5. The summed E-state index contributed by atoms with van der Waals surface area (Å²) in [5, 5.41) is 2.70. The van der Waals surface area contributed by atoms with E-state index >= 15 is 0 Å². The molecule has 1 N–H and O–H groups in total. The molecule has 3 rings (SSSR count). The molecule has 0 aliphatic heterocycles. The normalized spacial score (nSPS) is 10.5. The summed E-state index contributed by atoms with van der Waals surface area (Å²) >= 11 is 0. The van der Waals surface area contributed by atoms with Gasteiger partial charge in [-0.25, -0.2) is 0 Å². The molecule has 0 atom stereocenters. The molecular weight excluding hydrogens is 358 g/mol. The van der Waals surface area contributed by atoms with Gasteiger partial charge in [0.25, 0.3) is 0 Å². The molecule has 144 valence electrons. The highest BCUT2D eigenvalue weighted by Crippen LogP contribution is 2.15. The summed E-state index contributed by atoms with van der Waals surface area (Å²) in [5.41, 5.74) is 0.624. The lowest BCUT2D eigenvalue weighted by Crippen LogP contribution is -2.41. The molecule has 0 unspecified atom stereocenters. The Balaban J connectivity index is 1.77. The molecule has 0 spiro atoms. The summed E-state index contributed by atoms with van der Waals surface area (Å²) in [6, 6.07) is 14.2. The lowest BCUT2D eigenvalue weighted by atomic mass is 10.2. The second-order valence-corrected chi connectivity index (χ2v) is 6.20. The van der Waals surface area contributed by atoms with Crippen molar-refractivity contribution in [3.8, 4) is 11.4 Å². The van der Waals surface area contributed by atoms with E-state index in [2.05, 4.69) is 5.32 Å². The van der Waals surface area contributed by atoms with Gasteiger partial charge in [-0.2, -0.15) is 0 Å². The van der Waals surface area contributed by atoms with Crippen LogP contribution in [0.15, 0.2) is 70.5 Å². The van der Waals surface area contributed by atoms with Gasteiger partial charge in [-0.1, -0.05) is 18.2 Å². The van der Waals surface area contributed by atoms with E-state index in [0.717, 1.165) is 10.1 Å². The fourth-order valence-electron chi connectivity index (χ4n) is 2.81. The van der Waals surface area contributed by atoms with Crippen molar-refractivity contribution in [1.29, 1.82) is 0 Å². The fourth-order valence-corrected chi connectivity index (χ4v) is 2.81. The van der Waals surface area contributed by atoms with Crippen LogP contribution in [0.25, 0.3) is 5.69 Å². The SMILES string of the molecule is CCOc1ccc(NC(=O)Cn2ccn(-c3ccccc3C)c(=O)c2=O)cc1. The van der Waals surface area contributed by atoms with Gasteiger partial charge >= 0.3 is 11.1 Å². The molecule has 3 aromatic rings. The highest BCUT2D eigenvalue weighted by atomic mass is 16.5. The van der Waals surface area contributed by atoms with E-state index in [0.29, 0.717) is 23.7 Å². The summed E-state index contributed by atoms with van der Waals surface area (Å²) < 4.78 is 7.74. The molecule has 0 radical (unpaired) electrons. The van der Waals surface area contributed by atoms with E-state index in [-0.39, 0.29) is 6.54 Å². The maximum absolute atomic E-state index is 12.5. The molecule has 0 saturated carbocycles. The zero-order valence-electron chi connectivity index (χ0n) is 15.7. The van der Waals surface area contributed by atoms with Crippen molar-refractivity contribution in [3.05, 3.63) is 87.2 Å². The van der Waals surface area contributed by atoms with Gasteiger partial charge in [0, 0.05) is 18.1 Å². The van der Waals surface area contributed by atoms with E-state index in [1.807, 2.05) is 26.0 Å². The Hall–Kier alpha value is -3.61. The zero-order valence-corrected chi connectivity index (χ0v) is 15.7. The first-order valence-corrected chi connectivity index (χ1v) is 8.90. The van der Waals surface area contributed by atoms with E-state index in [1.165, 1.54) is 17.0 Å². The van der Waals surface area contributed by atoms with Gasteiger partial charge in [-0.3, -0.25) is 23.5 Å². The Labute approximate surface area is 161 Å². The number of aromatic nitrogens is 2. The zero-order chi connectivity index (χ0) is 20.1. The van der Waals surface area contributed by atoms with Crippen LogP contribution < -0.4 is 21.2 Å². The van der Waals surface area contributed by atoms with Crippen LogP contribution in [0, 0.1) is 6.92 Å². The smallest absolute Gasteiger partial charge is 0.320 e. The topological polar surface area (TPSA) is 82.3 Å². The average molecular weight is 379 g/mol. The average Bonchev–Trinajstić information content (AvgIpc) is 2.68. The van der Waals surface area contributed by atoms with E-state index in [4.69, 9.17) is 4.74 Å². The van der Waals surface area contributed by atoms with Crippen LogP contribution in [-0.4, -0.2) is 21.6 Å². The number of aryl methyl sites for hydroxylation is 1. The Kier molecular flexibility index (Phi) is 5.74. The van der Waals surface area contributed by atoms with E-state index < -0.39 is 17.0 Å². The Morgan fingerprint density at radius 2 is 1.71 bits per heavy atom. The minimum Gasteiger partial charge on any atom is -0.494 e. The molecule has 7 heteroatoms. The molecule has 7 nitrogen and oxygen atoms in total. The van der Waals surface area contributed by atoms with Gasteiger partial charge in [0.15, 0.2) is 0 Å². The predicted molar refractivity (Wildman–Crippen MR) is 107 cm³/mol. The van der Waals surface area contributed by atoms with Crippen molar-refractivity contribution in [2.24, 2.45) is 0 Å². The van der Waals surface area contributed by atoms with Gasteiger partial charge < -0.3 is 10.1 Å². The third kappa shape index (κ3) is 4.20. The third-order valence-electron chi connectivity index (χ3n) is 4.20. The molecule has 0 aliphatic rings. The minimum absolute atomic E-state index is 0.254. The lowest BCUT2D eigenvalue weighted by molar-refractivity contribution is -0.116. The number of rotatable bonds is 6. The number of ether oxygens (including phenoxy) is 1. The quantitative estimate of drug-likeness (QED) is 0.667. The molecular formula is C21H21N3O4. The molecule has 0 fully saturated rings. The number of benzene rings is 2. The van der Waals surface area contributed by atoms with Crippen molar-refractivity contribution in [3.63, 3.8) is 0 Å². The van der Waals surface area contributed by atoms with Crippen LogP contribution in [0.3, 0.4) is 0 Å². The predicted octanol–water partition coefficient (Wildman–Crippen LogP) is 2.35. The standard InChI is InChI=1S/C21H21N3O4/c1-3-28-17-10-8-16(9-11-17)22-19(25)14-23-12-13-24(21(27)20(23)26)18-7-5-4-6-15(18)2/h4-13H,3,14H2,1-2H3,(H,22,25). The Bertz CT molecular complexity index is 1100. The lowest BCUT2D eigenvalue weighted by Gasteiger charge is -2.11. The second-order valence-electron chi connectivity index (χ2n) is 6.20. The monoisotopic (exact) mass is 379 g/mol. The first kappa shape index (κ1) is 19.2. The summed E-state index contributed by atoms with van der Waals surface area (Å²) in [4.78, 5) is 37.1. The summed E-state index contributed by atoms with van der Waals surface area (Å²) in [6.45, 7) is 4.05. The number of anilines is 1. The maximum atomic E-state index is 12.5. The number of hydrogen-bond acceptors (Lipinski definition) is 4. The van der Waals surface area contributed by atoms with E-state index in [1.54, 1.807) is 36.4 Å². The number of carbonyl (C=O) groups is 1. The molecule has 0 aliphatic carbocycles. The number of hydrogen-bond donors (Lipinski definition) is 1. The molecule has 0 bridgehead atoms. The van der Waals surface area contributed by atoms with Gasteiger partial charge in [0.2, 0.25) is 5.91 Å². The van der Waals surface area contributed by atoms with Crippen LogP contribution in [0.4, 0.5) is 5.69 Å². The molecule has 1 aromatic heterocycles. The van der Waals surface area contributed by atoms with Gasteiger partial charge in [-0.05, 0) is 49.7 Å². The fraction of sp³-hybridized carbons (Fsp3) is 0.190. The first-order valence-electron chi connectivity index (χ1n) is 8.90. The van der Waals surface area contributed by atoms with Gasteiger partial charge in [0.1, 0.15) is 12.3 Å². The van der Waals surface area contributed by atoms with Crippen LogP contribution in [0.1, 0.15) is 12.5 Å². The Morgan fingerprint density at radius 1 is 1.00 bits per heavy atom. The van der Waals surface area contributed by atoms with Crippen LogP contribution in [-0.2, 0) is 11.3 Å². The highest BCUT2D eigenvalue weighted by Gasteiger charge is 2.11. The molecule has 2 aromatic carbocycles. The van der Waals surface area contributed by atoms with E-state index in [9.17, 15) is 14.4 Å². The van der Waals surface area contributed by atoms with Crippen molar-refractivity contribution < 1.29 is 9.53 Å². The Morgan fingerprint density at radius 3 is 2.39 bits per heavy atom. The number of nitrogens with one attached hydrogen (secondary N) is 1. The molecule has 1 heterocycles. The third-order valence-corrected chi connectivity index (χ3v) is 4.20. The van der Waals surface area contributed by atoms with Crippen molar-refractivity contribution >= 4 is 11.6 Å². The number of para-hydroxylation sites is 1. The van der Waals surface area contributed by atoms with Crippen LogP contribution in [0.2, 0.25) is 0 Å². The van der Waals surface area contributed by atoms with Crippen LogP contribution >= 0.6 is 0 Å². The largest absolute Gasteiger partial charge is 0.494 e. The maximum Gasteiger partial charge on any atom is 0.320 e. The van der Waals surface area contributed by atoms with Crippen molar-refractivity contribution in [2.75, 3.05) is 11.9 Å². The number of nitrogens with zero attached hydrogens (tertiary/aromatic N) is 2.